The lowest BCUT2D eigenvalue weighted by molar-refractivity contribution is -0.118. The second-order valence-corrected chi connectivity index (χ2v) is 6.50. The van der Waals surface area contributed by atoms with Gasteiger partial charge in [0.1, 0.15) is 22.9 Å². The van der Waals surface area contributed by atoms with E-state index in [4.69, 9.17) is 4.52 Å². The highest BCUT2D eigenvalue weighted by atomic mass is 32.1. The first-order valence-electron chi connectivity index (χ1n) is 7.84. The number of amides is 1. The van der Waals surface area contributed by atoms with Gasteiger partial charge in [0.25, 0.3) is 5.89 Å². The molecule has 0 N–H and O–H groups in total. The third kappa shape index (κ3) is 3.03. The van der Waals surface area contributed by atoms with Crippen LogP contribution in [-0.2, 0) is 4.79 Å². The predicted molar refractivity (Wildman–Crippen MR) is 90.6 cm³/mol. The lowest BCUT2D eigenvalue weighted by Gasteiger charge is -2.32. The van der Waals surface area contributed by atoms with E-state index in [1.165, 1.54) is 17.4 Å². The molecular weight excluding hydrogens is 364 g/mol. The maximum absolute atomic E-state index is 13.8. The third-order valence-corrected chi connectivity index (χ3v) is 4.96. The van der Waals surface area contributed by atoms with Gasteiger partial charge in [-0.05, 0) is 12.1 Å². The van der Waals surface area contributed by atoms with Crippen LogP contribution in [0.5, 0.6) is 0 Å². The molecule has 0 unspecified atom stereocenters. The third-order valence-electron chi connectivity index (χ3n) is 4.06. The van der Waals surface area contributed by atoms with Crippen LogP contribution in [0, 0.1) is 11.6 Å². The second-order valence-electron chi connectivity index (χ2n) is 5.66. The van der Waals surface area contributed by atoms with Crippen molar-refractivity contribution in [1.82, 2.24) is 20.0 Å². The second kappa shape index (κ2) is 6.79. The molecule has 7 nitrogen and oxygen atoms in total. The van der Waals surface area contributed by atoms with Crippen molar-refractivity contribution in [2.75, 3.05) is 31.1 Å². The zero-order valence-electron chi connectivity index (χ0n) is 13.4. The SMILES string of the molecule is O=CN1CCN(c2nc(-c3noc(-c4c(F)cccc4F)n3)cs2)CC1. The molecule has 134 valence electrons. The smallest absolute Gasteiger partial charge is 0.264 e. The Bertz CT molecular complexity index is 916. The fourth-order valence-electron chi connectivity index (χ4n) is 2.66. The average Bonchev–Trinajstić information content (AvgIpc) is 3.31. The molecule has 1 amide bonds. The number of nitrogens with zero attached hydrogens (tertiary/aromatic N) is 5. The van der Waals surface area contributed by atoms with Crippen molar-refractivity contribution < 1.29 is 18.1 Å². The normalized spacial score (nSPS) is 14.7. The molecule has 4 rings (SSSR count). The fraction of sp³-hybridized carbons (Fsp3) is 0.250. The van der Waals surface area contributed by atoms with Crippen LogP contribution in [-0.4, -0.2) is 52.6 Å². The molecule has 0 atom stereocenters. The summed E-state index contributed by atoms with van der Waals surface area (Å²) >= 11 is 1.41. The lowest BCUT2D eigenvalue weighted by atomic mass is 10.2. The number of anilines is 1. The Labute approximate surface area is 150 Å². The van der Waals surface area contributed by atoms with Gasteiger partial charge in [0.2, 0.25) is 12.2 Å². The molecule has 0 spiro atoms. The van der Waals surface area contributed by atoms with Crippen LogP contribution in [0.4, 0.5) is 13.9 Å². The Kier molecular flexibility index (Phi) is 4.33. The number of benzene rings is 1. The molecule has 1 aliphatic rings. The first-order valence-corrected chi connectivity index (χ1v) is 8.72. The molecule has 1 fully saturated rings. The summed E-state index contributed by atoms with van der Waals surface area (Å²) in [6, 6.07) is 3.52. The van der Waals surface area contributed by atoms with Gasteiger partial charge in [0.15, 0.2) is 5.13 Å². The summed E-state index contributed by atoms with van der Waals surface area (Å²) in [5.41, 5.74) is 0.112. The van der Waals surface area contributed by atoms with Gasteiger partial charge < -0.3 is 14.3 Å². The van der Waals surface area contributed by atoms with Crippen molar-refractivity contribution in [3.8, 4) is 23.0 Å². The molecule has 0 radical (unpaired) electrons. The van der Waals surface area contributed by atoms with Gasteiger partial charge in [-0.2, -0.15) is 4.98 Å². The molecule has 1 aromatic carbocycles. The molecule has 0 bridgehead atoms. The summed E-state index contributed by atoms with van der Waals surface area (Å²) in [7, 11) is 0. The van der Waals surface area contributed by atoms with Gasteiger partial charge in [-0.25, -0.2) is 13.8 Å². The summed E-state index contributed by atoms with van der Waals surface area (Å²) in [5.74, 6) is -1.61. The van der Waals surface area contributed by atoms with Crippen molar-refractivity contribution in [1.29, 1.82) is 0 Å². The highest BCUT2D eigenvalue weighted by Crippen LogP contribution is 2.29. The van der Waals surface area contributed by atoms with Crippen molar-refractivity contribution in [3.05, 3.63) is 35.2 Å². The number of piperazine rings is 1. The van der Waals surface area contributed by atoms with Crippen LogP contribution in [0.25, 0.3) is 23.0 Å². The standard InChI is InChI=1S/C16H13F2N5O2S/c17-10-2-1-3-11(18)13(10)15-20-14(21-25-15)12-8-26-16(19-12)23-6-4-22(9-24)5-7-23/h1-3,8-9H,4-7H2. The topological polar surface area (TPSA) is 75.4 Å². The van der Waals surface area contributed by atoms with Gasteiger partial charge in [-0.1, -0.05) is 11.2 Å². The zero-order chi connectivity index (χ0) is 18.1. The van der Waals surface area contributed by atoms with E-state index < -0.39 is 11.6 Å². The Hall–Kier alpha value is -2.88. The van der Waals surface area contributed by atoms with Crippen LogP contribution >= 0.6 is 11.3 Å². The van der Waals surface area contributed by atoms with Crippen molar-refractivity contribution >= 4 is 22.9 Å². The van der Waals surface area contributed by atoms with Gasteiger partial charge in [0.05, 0.1) is 0 Å². The van der Waals surface area contributed by atoms with Crippen LogP contribution in [0.15, 0.2) is 28.1 Å². The van der Waals surface area contributed by atoms with E-state index in [-0.39, 0.29) is 17.3 Å². The monoisotopic (exact) mass is 377 g/mol. The number of halogens is 2. The Balaban J connectivity index is 1.56. The highest BCUT2D eigenvalue weighted by molar-refractivity contribution is 7.14. The number of aromatic nitrogens is 3. The number of hydrogen-bond donors (Lipinski definition) is 0. The van der Waals surface area contributed by atoms with Crippen molar-refractivity contribution in [2.24, 2.45) is 0 Å². The van der Waals surface area contributed by atoms with Gasteiger partial charge >= 0.3 is 0 Å². The summed E-state index contributed by atoms with van der Waals surface area (Å²) in [5, 5.41) is 6.31. The maximum Gasteiger partial charge on any atom is 0.264 e. The summed E-state index contributed by atoms with van der Waals surface area (Å²) < 4.78 is 32.7. The highest BCUT2D eigenvalue weighted by Gasteiger charge is 2.22. The number of carbonyl (C=O) groups is 1. The number of hydrogen-bond acceptors (Lipinski definition) is 7. The molecule has 2 aromatic heterocycles. The summed E-state index contributed by atoms with van der Waals surface area (Å²) in [4.78, 5) is 23.1. The van der Waals surface area contributed by atoms with E-state index in [1.807, 2.05) is 0 Å². The minimum Gasteiger partial charge on any atom is -0.345 e. The largest absolute Gasteiger partial charge is 0.345 e. The van der Waals surface area contributed by atoms with Crippen molar-refractivity contribution in [3.63, 3.8) is 0 Å². The van der Waals surface area contributed by atoms with E-state index in [0.29, 0.717) is 31.9 Å². The quantitative estimate of drug-likeness (QED) is 0.650. The Morgan fingerprint density at radius 3 is 2.54 bits per heavy atom. The van der Waals surface area contributed by atoms with E-state index in [0.717, 1.165) is 23.7 Å². The molecule has 0 aliphatic carbocycles. The van der Waals surface area contributed by atoms with Crippen molar-refractivity contribution in [2.45, 2.75) is 0 Å². The number of thiazole rings is 1. The van der Waals surface area contributed by atoms with E-state index >= 15 is 0 Å². The zero-order valence-corrected chi connectivity index (χ0v) is 14.2. The molecule has 1 aliphatic heterocycles. The van der Waals surface area contributed by atoms with E-state index in [2.05, 4.69) is 20.0 Å². The molecule has 3 heterocycles. The molecule has 26 heavy (non-hydrogen) atoms. The molecule has 3 aromatic rings. The van der Waals surface area contributed by atoms with Gasteiger partial charge in [-0.3, -0.25) is 4.79 Å². The molecule has 10 heteroatoms. The predicted octanol–water partition coefficient (Wildman–Crippen LogP) is 2.42. The molecular formula is C16H13F2N5O2S. The minimum absolute atomic E-state index is 0.164. The summed E-state index contributed by atoms with van der Waals surface area (Å²) in [6.45, 7) is 2.64. The van der Waals surface area contributed by atoms with Crippen LogP contribution in [0.1, 0.15) is 0 Å². The average molecular weight is 377 g/mol. The van der Waals surface area contributed by atoms with Crippen LogP contribution in [0.3, 0.4) is 0 Å². The fourth-order valence-corrected chi connectivity index (χ4v) is 3.52. The van der Waals surface area contributed by atoms with Crippen LogP contribution < -0.4 is 4.90 Å². The number of carbonyl (C=O) groups excluding carboxylic acids is 1. The first kappa shape index (κ1) is 16.6. The van der Waals surface area contributed by atoms with Gasteiger partial charge in [0, 0.05) is 31.6 Å². The molecule has 0 saturated carbocycles. The maximum atomic E-state index is 13.8. The Morgan fingerprint density at radius 2 is 1.85 bits per heavy atom. The summed E-state index contributed by atoms with van der Waals surface area (Å²) in [6.07, 6.45) is 0.841. The Morgan fingerprint density at radius 1 is 1.12 bits per heavy atom. The number of rotatable bonds is 4. The molecule has 1 saturated heterocycles. The van der Waals surface area contributed by atoms with E-state index in [9.17, 15) is 13.6 Å². The lowest BCUT2D eigenvalue weighted by Crippen LogP contribution is -2.45. The van der Waals surface area contributed by atoms with Crippen LogP contribution in [0.2, 0.25) is 0 Å². The van der Waals surface area contributed by atoms with Gasteiger partial charge in [-0.15, -0.1) is 11.3 Å². The first-order chi connectivity index (χ1) is 12.7. The minimum atomic E-state index is -0.771. The van der Waals surface area contributed by atoms with E-state index in [1.54, 1.807) is 10.3 Å².